The molecule has 0 spiro atoms. The Morgan fingerprint density at radius 1 is 0.930 bits per heavy atom. The second-order valence-corrected chi connectivity index (χ2v) is 12.4. The Hall–Kier alpha value is -4.48. The van der Waals surface area contributed by atoms with Crippen LogP contribution in [0.4, 0.5) is 21.9 Å². The molecule has 0 bridgehead atoms. The van der Waals surface area contributed by atoms with Gasteiger partial charge in [-0.2, -0.15) is 0 Å². The maximum atomic E-state index is 13.5. The van der Waals surface area contributed by atoms with Crippen molar-refractivity contribution in [3.05, 3.63) is 103 Å². The number of hydrogen-bond acceptors (Lipinski definition) is 7. The van der Waals surface area contributed by atoms with Gasteiger partial charge in [0.1, 0.15) is 5.75 Å². The minimum absolute atomic E-state index is 0.0544. The molecule has 2 amide bonds. The third-order valence-electron chi connectivity index (χ3n) is 7.15. The Kier molecular flexibility index (Phi) is 9.53. The summed E-state index contributed by atoms with van der Waals surface area (Å²) in [5.41, 5.74) is 3.99. The van der Waals surface area contributed by atoms with Crippen LogP contribution in [-0.2, 0) is 16.6 Å². The van der Waals surface area contributed by atoms with Gasteiger partial charge in [-0.25, -0.2) is 18.2 Å². The number of benzene rings is 2. The van der Waals surface area contributed by atoms with Gasteiger partial charge < -0.3 is 10.1 Å². The van der Waals surface area contributed by atoms with Crippen LogP contribution in [-0.4, -0.2) is 54.7 Å². The van der Waals surface area contributed by atoms with Gasteiger partial charge in [-0.15, -0.1) is 0 Å². The Bertz CT molecular complexity index is 1600. The fourth-order valence-electron chi connectivity index (χ4n) is 5.11. The predicted molar refractivity (Wildman–Crippen MR) is 169 cm³/mol. The number of nitrogens with one attached hydrogen (secondary N) is 2. The monoisotopic (exact) mass is 600 g/mol. The van der Waals surface area contributed by atoms with Gasteiger partial charge in [-0.05, 0) is 86.8 Å². The van der Waals surface area contributed by atoms with Crippen molar-refractivity contribution < 1.29 is 17.9 Å². The molecule has 2 aromatic heterocycles. The number of nitrogens with zero attached hydrogens (tertiary/aromatic N) is 4. The summed E-state index contributed by atoms with van der Waals surface area (Å²) >= 11 is 0. The van der Waals surface area contributed by atoms with Crippen molar-refractivity contribution in [3.63, 3.8) is 0 Å². The number of hydrogen-bond donors (Lipinski definition) is 2. The summed E-state index contributed by atoms with van der Waals surface area (Å²) in [6, 6.07) is 24.0. The quantitative estimate of drug-likeness (QED) is 0.241. The van der Waals surface area contributed by atoms with Crippen molar-refractivity contribution in [1.82, 2.24) is 14.9 Å². The molecule has 0 aliphatic carbocycles. The smallest absolute Gasteiger partial charge is 0.326 e. The van der Waals surface area contributed by atoms with Gasteiger partial charge in [0, 0.05) is 48.5 Å². The molecular weight excluding hydrogens is 564 g/mol. The normalized spacial score (nSPS) is 15.7. The second-order valence-electron chi connectivity index (χ2n) is 10.7. The SMILES string of the molecule is Cc1ccc(NC(=O)N(c2ccccc2)[C@H]2CCCN(Cc3ccc(Oc4ccc(NS(C)(=O)=O)cc4)nc3)CC2)cn1. The van der Waals surface area contributed by atoms with Gasteiger partial charge >= 0.3 is 6.03 Å². The lowest BCUT2D eigenvalue weighted by molar-refractivity contribution is 0.252. The van der Waals surface area contributed by atoms with E-state index in [1.54, 1.807) is 30.5 Å². The van der Waals surface area contributed by atoms with Gasteiger partial charge in [-0.1, -0.05) is 24.3 Å². The van der Waals surface area contributed by atoms with E-state index in [9.17, 15) is 13.2 Å². The number of likely N-dealkylation sites (tertiary alicyclic amines) is 1. The van der Waals surface area contributed by atoms with Gasteiger partial charge in [-0.3, -0.25) is 19.5 Å². The molecule has 10 nitrogen and oxygen atoms in total. The molecule has 11 heteroatoms. The molecule has 43 heavy (non-hydrogen) atoms. The average molecular weight is 601 g/mol. The zero-order valence-corrected chi connectivity index (χ0v) is 25.1. The first-order valence-corrected chi connectivity index (χ1v) is 16.1. The highest BCUT2D eigenvalue weighted by Crippen LogP contribution is 2.26. The summed E-state index contributed by atoms with van der Waals surface area (Å²) in [5.74, 6) is 1.01. The molecule has 1 atom stereocenters. The molecule has 4 aromatic rings. The summed E-state index contributed by atoms with van der Waals surface area (Å²) < 4.78 is 31.1. The molecule has 0 radical (unpaired) electrons. The summed E-state index contributed by atoms with van der Waals surface area (Å²) in [5, 5.41) is 3.03. The first kappa shape index (κ1) is 30.0. The Balaban J connectivity index is 1.19. The van der Waals surface area contributed by atoms with E-state index in [1.165, 1.54) is 0 Å². The van der Waals surface area contributed by atoms with Gasteiger partial charge in [0.05, 0.1) is 18.1 Å². The van der Waals surface area contributed by atoms with E-state index < -0.39 is 10.0 Å². The van der Waals surface area contributed by atoms with E-state index in [4.69, 9.17) is 4.74 Å². The number of carbonyl (C=O) groups is 1. The van der Waals surface area contributed by atoms with Crippen LogP contribution in [0.25, 0.3) is 0 Å². The minimum Gasteiger partial charge on any atom is -0.439 e. The number of rotatable bonds is 9. The van der Waals surface area contributed by atoms with Crippen LogP contribution in [0, 0.1) is 6.92 Å². The van der Waals surface area contributed by atoms with Crippen molar-refractivity contribution in [2.24, 2.45) is 0 Å². The molecule has 224 valence electrons. The van der Waals surface area contributed by atoms with Crippen LogP contribution in [0.2, 0.25) is 0 Å². The summed E-state index contributed by atoms with van der Waals surface area (Å²) in [6.07, 6.45) is 7.31. The van der Waals surface area contributed by atoms with Crippen molar-refractivity contribution in [1.29, 1.82) is 0 Å². The van der Waals surface area contributed by atoms with Crippen LogP contribution < -0.4 is 19.7 Å². The zero-order chi connectivity index (χ0) is 30.2. The summed E-state index contributed by atoms with van der Waals surface area (Å²) in [4.78, 5) is 26.6. The minimum atomic E-state index is -3.33. The molecule has 2 N–H and O–H groups in total. The van der Waals surface area contributed by atoms with Gasteiger partial charge in [0.15, 0.2) is 0 Å². The van der Waals surface area contributed by atoms with Gasteiger partial charge in [0.2, 0.25) is 15.9 Å². The van der Waals surface area contributed by atoms with Crippen molar-refractivity contribution in [2.45, 2.75) is 38.8 Å². The topological polar surface area (TPSA) is 117 Å². The van der Waals surface area contributed by atoms with Crippen LogP contribution in [0.15, 0.2) is 91.3 Å². The molecule has 1 saturated heterocycles. The van der Waals surface area contributed by atoms with Crippen LogP contribution >= 0.6 is 0 Å². The van der Waals surface area contributed by atoms with E-state index >= 15 is 0 Å². The Morgan fingerprint density at radius 2 is 1.70 bits per heavy atom. The first-order chi connectivity index (χ1) is 20.7. The predicted octanol–water partition coefficient (Wildman–Crippen LogP) is 6.04. The lowest BCUT2D eigenvalue weighted by Crippen LogP contribution is -2.43. The largest absolute Gasteiger partial charge is 0.439 e. The lowest BCUT2D eigenvalue weighted by atomic mass is 10.1. The zero-order valence-electron chi connectivity index (χ0n) is 24.3. The molecule has 0 saturated carbocycles. The third kappa shape index (κ3) is 8.76. The Labute approximate surface area is 252 Å². The van der Waals surface area contributed by atoms with E-state index in [-0.39, 0.29) is 12.1 Å². The first-order valence-electron chi connectivity index (χ1n) is 14.2. The Morgan fingerprint density at radius 3 is 2.37 bits per heavy atom. The van der Waals surface area contributed by atoms with Crippen LogP contribution in [0.5, 0.6) is 11.6 Å². The number of aromatic nitrogens is 2. The fourth-order valence-corrected chi connectivity index (χ4v) is 5.68. The molecule has 3 heterocycles. The number of amides is 2. The molecule has 1 fully saturated rings. The van der Waals surface area contributed by atoms with Crippen LogP contribution in [0.1, 0.15) is 30.5 Å². The maximum Gasteiger partial charge on any atom is 0.326 e. The van der Waals surface area contributed by atoms with E-state index in [2.05, 4.69) is 24.9 Å². The number of para-hydroxylation sites is 1. The number of carbonyl (C=O) groups excluding carboxylic acids is 1. The summed E-state index contributed by atoms with van der Waals surface area (Å²) in [7, 11) is -3.33. The number of pyridine rings is 2. The van der Waals surface area contributed by atoms with E-state index in [1.807, 2.05) is 72.6 Å². The third-order valence-corrected chi connectivity index (χ3v) is 7.76. The van der Waals surface area contributed by atoms with Crippen LogP contribution in [0.3, 0.4) is 0 Å². The number of aryl methyl sites for hydroxylation is 1. The second kappa shape index (κ2) is 13.7. The van der Waals surface area contributed by atoms with Crippen molar-refractivity contribution in [3.8, 4) is 11.6 Å². The molecule has 2 aromatic carbocycles. The highest BCUT2D eigenvalue weighted by atomic mass is 32.2. The highest BCUT2D eigenvalue weighted by molar-refractivity contribution is 7.92. The maximum absolute atomic E-state index is 13.5. The van der Waals surface area contributed by atoms with E-state index in [0.717, 1.165) is 62.1 Å². The molecule has 5 rings (SSSR count). The molecule has 1 aliphatic rings. The number of sulfonamides is 1. The lowest BCUT2D eigenvalue weighted by Gasteiger charge is -2.31. The van der Waals surface area contributed by atoms with E-state index in [0.29, 0.717) is 23.0 Å². The molecular formula is C32H36N6O4S. The highest BCUT2D eigenvalue weighted by Gasteiger charge is 2.28. The van der Waals surface area contributed by atoms with Gasteiger partial charge in [0.25, 0.3) is 0 Å². The molecule has 1 aliphatic heterocycles. The standard InChI is InChI=1S/C32H36N6O4S/c1-24-10-12-27(22-33-24)35-32(39)38(28-7-4-3-5-8-28)29-9-6-19-37(20-18-29)23-25-11-17-31(34-21-25)42-30-15-13-26(14-16-30)36-43(2,40)41/h3-5,7-8,10-17,21-22,29,36H,6,9,18-20,23H2,1-2H3,(H,35,39)/t29-/m0/s1. The fraction of sp³-hybridized carbons (Fsp3) is 0.281. The summed E-state index contributed by atoms with van der Waals surface area (Å²) in [6.45, 7) is 4.44. The average Bonchev–Trinajstić information content (AvgIpc) is 3.21. The molecule has 0 unspecified atom stereocenters. The number of urea groups is 1. The number of anilines is 3. The van der Waals surface area contributed by atoms with Crippen molar-refractivity contribution in [2.75, 3.05) is 34.3 Å². The number of ether oxygens (including phenoxy) is 1. The van der Waals surface area contributed by atoms with Crippen molar-refractivity contribution >= 4 is 33.1 Å².